The molecule has 1 unspecified atom stereocenters. The van der Waals surface area contributed by atoms with Gasteiger partial charge in [-0.1, -0.05) is 19.4 Å². The number of hydrogen-bond donors (Lipinski definition) is 1. The van der Waals surface area contributed by atoms with Gasteiger partial charge < -0.3 is 5.11 Å². The number of allylic oxidation sites excluding steroid dienone is 1. The van der Waals surface area contributed by atoms with Crippen molar-refractivity contribution in [2.45, 2.75) is 39.7 Å². The van der Waals surface area contributed by atoms with Crippen molar-refractivity contribution in [3.63, 3.8) is 0 Å². The van der Waals surface area contributed by atoms with Crippen LogP contribution in [0.25, 0.3) is 0 Å². The van der Waals surface area contributed by atoms with Gasteiger partial charge in [0.2, 0.25) is 0 Å². The van der Waals surface area contributed by atoms with Gasteiger partial charge >= 0.3 is 0 Å². The van der Waals surface area contributed by atoms with E-state index in [0.29, 0.717) is 0 Å². The third-order valence-corrected chi connectivity index (χ3v) is 2.73. The predicted octanol–water partition coefficient (Wildman–Crippen LogP) is 2.18. The van der Waals surface area contributed by atoms with Crippen molar-refractivity contribution in [3.05, 3.63) is 11.1 Å². The highest BCUT2D eigenvalue weighted by molar-refractivity contribution is 5.81. The Balaban J connectivity index is 3.03. The topological polar surface area (TPSA) is 32.6 Å². The number of nitrogens with zero attached hydrogens (tertiary/aromatic N) is 1. The Morgan fingerprint density at radius 2 is 2.15 bits per heavy atom. The second-order valence-electron chi connectivity index (χ2n) is 4.53. The van der Waals surface area contributed by atoms with Gasteiger partial charge in [-0.05, 0) is 30.8 Å². The molecule has 0 aromatic heterocycles. The third-order valence-electron chi connectivity index (χ3n) is 2.73. The Bertz CT molecular complexity index is 251. The molecule has 0 bridgehead atoms. The van der Waals surface area contributed by atoms with E-state index >= 15 is 0 Å². The van der Waals surface area contributed by atoms with Crippen LogP contribution < -0.4 is 0 Å². The molecule has 0 spiro atoms. The summed E-state index contributed by atoms with van der Waals surface area (Å²) in [4.78, 5) is 4.07. The lowest BCUT2D eigenvalue weighted by atomic mass is 9.72. The highest BCUT2D eigenvalue weighted by atomic mass is 16.3. The van der Waals surface area contributed by atoms with Gasteiger partial charge in [-0.2, -0.15) is 0 Å². The molecule has 0 aromatic carbocycles. The molecule has 2 heteroatoms. The van der Waals surface area contributed by atoms with Gasteiger partial charge in [0.1, 0.15) is 0 Å². The van der Waals surface area contributed by atoms with E-state index in [1.165, 1.54) is 11.1 Å². The van der Waals surface area contributed by atoms with Crippen molar-refractivity contribution < 1.29 is 5.11 Å². The van der Waals surface area contributed by atoms with Crippen LogP contribution in [-0.2, 0) is 0 Å². The molecule has 0 radical (unpaired) electrons. The maximum Gasteiger partial charge on any atom is 0.0585 e. The minimum absolute atomic E-state index is 0.0707. The first-order chi connectivity index (χ1) is 5.97. The molecule has 0 aromatic rings. The van der Waals surface area contributed by atoms with Gasteiger partial charge in [0.05, 0.1) is 6.10 Å². The first kappa shape index (κ1) is 10.5. The first-order valence-corrected chi connectivity index (χ1v) is 4.78. The highest BCUT2D eigenvalue weighted by Crippen LogP contribution is 2.39. The molecule has 1 rings (SSSR count). The van der Waals surface area contributed by atoms with Crippen LogP contribution in [0, 0.1) is 5.41 Å². The fourth-order valence-corrected chi connectivity index (χ4v) is 2.23. The molecule has 2 nitrogen and oxygen atoms in total. The Hall–Kier alpha value is -0.630. The van der Waals surface area contributed by atoms with E-state index in [1.807, 2.05) is 6.21 Å². The number of aliphatic hydroxyl groups excluding tert-OH is 1. The van der Waals surface area contributed by atoms with Crippen molar-refractivity contribution in [2.75, 3.05) is 7.05 Å². The summed E-state index contributed by atoms with van der Waals surface area (Å²) in [6.07, 6.45) is 3.39. The summed E-state index contributed by atoms with van der Waals surface area (Å²) >= 11 is 0. The van der Waals surface area contributed by atoms with Crippen LogP contribution in [0.3, 0.4) is 0 Å². The molecule has 1 aliphatic carbocycles. The summed E-state index contributed by atoms with van der Waals surface area (Å²) in [5, 5.41) is 9.62. The molecule has 1 aliphatic rings. The average molecular weight is 181 g/mol. The minimum atomic E-state index is -0.177. The van der Waals surface area contributed by atoms with Crippen molar-refractivity contribution in [2.24, 2.45) is 10.4 Å². The van der Waals surface area contributed by atoms with Crippen molar-refractivity contribution in [1.82, 2.24) is 0 Å². The quantitative estimate of drug-likeness (QED) is 0.618. The van der Waals surface area contributed by atoms with E-state index in [9.17, 15) is 5.11 Å². The summed E-state index contributed by atoms with van der Waals surface area (Å²) in [7, 11) is 1.79. The van der Waals surface area contributed by atoms with E-state index in [-0.39, 0.29) is 11.5 Å². The van der Waals surface area contributed by atoms with Gasteiger partial charge in [0.25, 0.3) is 0 Å². The molecule has 1 atom stereocenters. The third kappa shape index (κ3) is 2.19. The van der Waals surface area contributed by atoms with Crippen LogP contribution in [-0.4, -0.2) is 24.5 Å². The number of aliphatic imine (C=N–C) groups is 1. The lowest BCUT2D eigenvalue weighted by Crippen LogP contribution is -2.29. The molecule has 0 saturated heterocycles. The fraction of sp³-hybridized carbons (Fsp3) is 0.727. The van der Waals surface area contributed by atoms with E-state index in [4.69, 9.17) is 0 Å². The molecule has 0 saturated carbocycles. The second-order valence-corrected chi connectivity index (χ2v) is 4.53. The number of aliphatic hydroxyl groups is 1. The second kappa shape index (κ2) is 3.62. The summed E-state index contributed by atoms with van der Waals surface area (Å²) < 4.78 is 0. The molecule has 0 aliphatic heterocycles. The normalized spacial score (nSPS) is 28.5. The van der Waals surface area contributed by atoms with E-state index < -0.39 is 0 Å². The molecule has 0 amide bonds. The van der Waals surface area contributed by atoms with E-state index in [2.05, 4.69) is 25.8 Å². The zero-order chi connectivity index (χ0) is 10.1. The van der Waals surface area contributed by atoms with E-state index in [1.54, 1.807) is 7.05 Å². The maximum absolute atomic E-state index is 9.62. The number of rotatable bonds is 1. The Morgan fingerprint density at radius 3 is 2.62 bits per heavy atom. The van der Waals surface area contributed by atoms with Crippen molar-refractivity contribution in [1.29, 1.82) is 0 Å². The first-order valence-electron chi connectivity index (χ1n) is 4.78. The Kier molecular flexibility index (Phi) is 2.91. The molecular formula is C11H19NO. The Labute approximate surface area is 80.4 Å². The smallest absolute Gasteiger partial charge is 0.0585 e. The SMILES string of the molecule is CN=CC1=C(C)CC(O)CC1(C)C. The standard InChI is InChI=1S/C11H19NO/c1-8-5-9(13)6-11(2,3)10(8)7-12-4/h7,9,13H,5-6H2,1-4H3. The van der Waals surface area contributed by atoms with Crippen LogP contribution >= 0.6 is 0 Å². The maximum atomic E-state index is 9.62. The summed E-state index contributed by atoms with van der Waals surface area (Å²) in [5.74, 6) is 0. The van der Waals surface area contributed by atoms with Crippen LogP contribution in [0.4, 0.5) is 0 Å². The van der Waals surface area contributed by atoms with Crippen LogP contribution in [0.1, 0.15) is 33.6 Å². The van der Waals surface area contributed by atoms with Gasteiger partial charge in [0, 0.05) is 13.3 Å². The summed E-state index contributed by atoms with van der Waals surface area (Å²) in [6, 6.07) is 0. The molecule has 0 heterocycles. The predicted molar refractivity (Wildman–Crippen MR) is 56.1 cm³/mol. The highest BCUT2D eigenvalue weighted by Gasteiger charge is 2.31. The molecule has 74 valence electrons. The van der Waals surface area contributed by atoms with Crippen LogP contribution in [0.5, 0.6) is 0 Å². The monoisotopic (exact) mass is 181 g/mol. The van der Waals surface area contributed by atoms with E-state index in [0.717, 1.165) is 12.8 Å². The number of hydrogen-bond acceptors (Lipinski definition) is 2. The minimum Gasteiger partial charge on any atom is -0.393 e. The fourth-order valence-electron chi connectivity index (χ4n) is 2.23. The molecule has 0 fully saturated rings. The molecule has 13 heavy (non-hydrogen) atoms. The summed E-state index contributed by atoms with van der Waals surface area (Å²) in [6.45, 7) is 6.41. The van der Waals surface area contributed by atoms with Gasteiger partial charge in [0.15, 0.2) is 0 Å². The lowest BCUT2D eigenvalue weighted by molar-refractivity contribution is 0.118. The zero-order valence-corrected chi connectivity index (χ0v) is 8.96. The average Bonchev–Trinajstić information content (AvgIpc) is 1.95. The zero-order valence-electron chi connectivity index (χ0n) is 8.96. The van der Waals surface area contributed by atoms with Crippen LogP contribution in [0.2, 0.25) is 0 Å². The molecular weight excluding hydrogens is 162 g/mol. The van der Waals surface area contributed by atoms with Crippen LogP contribution in [0.15, 0.2) is 16.1 Å². The van der Waals surface area contributed by atoms with Gasteiger partial charge in [-0.25, -0.2) is 0 Å². The largest absolute Gasteiger partial charge is 0.393 e. The van der Waals surface area contributed by atoms with Gasteiger partial charge in [-0.3, -0.25) is 4.99 Å². The van der Waals surface area contributed by atoms with Gasteiger partial charge in [-0.15, -0.1) is 0 Å². The van der Waals surface area contributed by atoms with Crippen molar-refractivity contribution in [3.8, 4) is 0 Å². The van der Waals surface area contributed by atoms with Crippen molar-refractivity contribution >= 4 is 6.21 Å². The molecule has 1 N–H and O–H groups in total. The summed E-state index contributed by atoms with van der Waals surface area (Å²) in [5.41, 5.74) is 2.64. The lowest BCUT2D eigenvalue weighted by Gasteiger charge is -2.35. The Morgan fingerprint density at radius 1 is 1.54 bits per heavy atom.